The molecule has 0 aliphatic carbocycles. The summed E-state index contributed by atoms with van der Waals surface area (Å²) in [7, 11) is 0. The second kappa shape index (κ2) is 7.73. The maximum atomic E-state index is 12.3. The molecule has 0 unspecified atom stereocenters. The first-order valence-corrected chi connectivity index (χ1v) is 9.52. The molecule has 1 N–H and O–H groups in total. The van der Waals surface area contributed by atoms with Gasteiger partial charge in [0.15, 0.2) is 11.5 Å². The van der Waals surface area contributed by atoms with Crippen LogP contribution < -0.4 is 10.2 Å². The molecule has 7 nitrogen and oxygen atoms in total. The van der Waals surface area contributed by atoms with Crippen molar-refractivity contribution in [1.82, 2.24) is 19.8 Å². The first-order chi connectivity index (χ1) is 13.2. The molecule has 1 aliphatic rings. The van der Waals surface area contributed by atoms with E-state index in [0.717, 1.165) is 30.2 Å². The summed E-state index contributed by atoms with van der Waals surface area (Å²) in [5, 5.41) is 16.1. The normalized spacial score (nSPS) is 14.5. The van der Waals surface area contributed by atoms with Gasteiger partial charge < -0.3 is 10.2 Å². The van der Waals surface area contributed by atoms with E-state index in [-0.39, 0.29) is 5.91 Å². The number of carbonyl (C=O) groups excluding carboxylic acids is 1. The van der Waals surface area contributed by atoms with Gasteiger partial charge >= 0.3 is 0 Å². The number of nitrogens with zero attached hydrogens (tertiary/aromatic N) is 5. The van der Waals surface area contributed by atoms with Gasteiger partial charge in [-0.15, -0.1) is 15.3 Å². The Morgan fingerprint density at radius 1 is 1.07 bits per heavy atom. The Labute approximate surface area is 158 Å². The van der Waals surface area contributed by atoms with Gasteiger partial charge in [0.25, 0.3) is 0 Å². The van der Waals surface area contributed by atoms with Crippen LogP contribution >= 0.6 is 0 Å². The number of piperidine rings is 1. The van der Waals surface area contributed by atoms with Gasteiger partial charge in [0.1, 0.15) is 5.82 Å². The highest BCUT2D eigenvalue weighted by atomic mass is 16.1. The fourth-order valence-corrected chi connectivity index (χ4v) is 3.42. The van der Waals surface area contributed by atoms with Gasteiger partial charge in [-0.25, -0.2) is 0 Å². The summed E-state index contributed by atoms with van der Waals surface area (Å²) in [6.07, 6.45) is 4.52. The highest BCUT2D eigenvalue weighted by molar-refractivity contribution is 5.91. The van der Waals surface area contributed by atoms with Gasteiger partial charge in [-0.1, -0.05) is 18.2 Å². The number of aromatic nitrogens is 4. The molecule has 3 heterocycles. The number of nitrogens with one attached hydrogen (secondary N) is 1. The van der Waals surface area contributed by atoms with Crippen LogP contribution in [0.3, 0.4) is 0 Å². The van der Waals surface area contributed by atoms with Crippen LogP contribution in [-0.4, -0.2) is 38.8 Å². The molecule has 0 radical (unpaired) electrons. The zero-order chi connectivity index (χ0) is 18.6. The largest absolute Gasteiger partial charge is 0.355 e. The molecule has 1 amide bonds. The van der Waals surface area contributed by atoms with Crippen LogP contribution in [0.5, 0.6) is 0 Å². The number of hydrogen-bond donors (Lipinski definition) is 1. The number of aryl methyl sites for hydroxylation is 2. The van der Waals surface area contributed by atoms with Crippen molar-refractivity contribution in [2.24, 2.45) is 0 Å². The third-order valence-electron chi connectivity index (χ3n) is 4.99. The molecule has 0 atom stereocenters. The van der Waals surface area contributed by atoms with E-state index in [0.29, 0.717) is 24.3 Å². The summed E-state index contributed by atoms with van der Waals surface area (Å²) >= 11 is 0. The van der Waals surface area contributed by atoms with Crippen molar-refractivity contribution >= 4 is 23.1 Å². The van der Waals surface area contributed by atoms with Gasteiger partial charge in [-0.2, -0.15) is 4.52 Å². The Hall–Kier alpha value is -2.96. The predicted octanol–water partition coefficient (Wildman–Crippen LogP) is 2.99. The van der Waals surface area contributed by atoms with Gasteiger partial charge in [-0.05, 0) is 49.9 Å². The van der Waals surface area contributed by atoms with Crippen molar-refractivity contribution in [2.75, 3.05) is 23.3 Å². The maximum Gasteiger partial charge on any atom is 0.224 e. The lowest BCUT2D eigenvalue weighted by atomic mass is 10.1. The zero-order valence-corrected chi connectivity index (χ0v) is 15.6. The third kappa shape index (κ3) is 3.92. The van der Waals surface area contributed by atoms with Crippen molar-refractivity contribution in [3.05, 3.63) is 47.8 Å². The fourth-order valence-electron chi connectivity index (χ4n) is 3.42. The molecule has 1 aromatic carbocycles. The van der Waals surface area contributed by atoms with Gasteiger partial charge in [0.2, 0.25) is 5.91 Å². The Morgan fingerprint density at radius 2 is 1.89 bits per heavy atom. The summed E-state index contributed by atoms with van der Waals surface area (Å²) in [5.74, 6) is 1.63. The smallest absolute Gasteiger partial charge is 0.224 e. The van der Waals surface area contributed by atoms with E-state index in [2.05, 4.69) is 20.4 Å². The summed E-state index contributed by atoms with van der Waals surface area (Å²) in [4.78, 5) is 14.6. The molecule has 0 bridgehead atoms. The zero-order valence-electron chi connectivity index (χ0n) is 15.6. The van der Waals surface area contributed by atoms with Crippen molar-refractivity contribution in [2.45, 2.75) is 39.0 Å². The van der Waals surface area contributed by atoms with Gasteiger partial charge in [-0.3, -0.25) is 4.79 Å². The standard InChI is InChI=1S/C20H24N6O/c1-15-7-3-4-8-16(15)21-20(27)12-11-18-23-22-17-9-10-19(24-26(17)18)25-13-5-2-6-14-25/h3-4,7-10H,2,5-6,11-14H2,1H3,(H,21,27). The first-order valence-electron chi connectivity index (χ1n) is 9.52. The molecule has 1 fully saturated rings. The number of amides is 1. The van der Waals surface area contributed by atoms with Gasteiger partial charge in [0, 0.05) is 31.6 Å². The SMILES string of the molecule is Cc1ccccc1NC(=O)CCc1nnc2ccc(N3CCCCC3)nn12. The number of fused-ring (bicyclic) bond motifs is 1. The molecule has 27 heavy (non-hydrogen) atoms. The molecule has 7 heteroatoms. The summed E-state index contributed by atoms with van der Waals surface area (Å²) in [6, 6.07) is 11.7. The second-order valence-corrected chi connectivity index (χ2v) is 6.99. The Morgan fingerprint density at radius 3 is 2.70 bits per heavy atom. The van der Waals surface area contributed by atoms with Crippen LogP contribution in [0.1, 0.15) is 37.1 Å². The monoisotopic (exact) mass is 364 g/mol. The number of benzene rings is 1. The van der Waals surface area contributed by atoms with Crippen molar-refractivity contribution in [3.8, 4) is 0 Å². The van der Waals surface area contributed by atoms with E-state index in [1.807, 2.05) is 43.3 Å². The summed E-state index contributed by atoms with van der Waals surface area (Å²) in [5.41, 5.74) is 2.61. The van der Waals surface area contributed by atoms with Crippen LogP contribution in [-0.2, 0) is 11.2 Å². The van der Waals surface area contributed by atoms with Crippen LogP contribution in [0.15, 0.2) is 36.4 Å². The maximum absolute atomic E-state index is 12.3. The first kappa shape index (κ1) is 17.5. The van der Waals surface area contributed by atoms with E-state index >= 15 is 0 Å². The topological polar surface area (TPSA) is 75.4 Å². The van der Waals surface area contributed by atoms with Gasteiger partial charge in [0.05, 0.1) is 0 Å². The molecule has 2 aromatic heterocycles. The minimum atomic E-state index is -0.0340. The van der Waals surface area contributed by atoms with Crippen molar-refractivity contribution in [1.29, 1.82) is 0 Å². The molecule has 1 aliphatic heterocycles. The minimum absolute atomic E-state index is 0.0340. The van der Waals surface area contributed by atoms with Crippen molar-refractivity contribution in [3.63, 3.8) is 0 Å². The average Bonchev–Trinajstić information content (AvgIpc) is 3.11. The minimum Gasteiger partial charge on any atom is -0.355 e. The molecule has 140 valence electrons. The van der Waals surface area contributed by atoms with Crippen molar-refractivity contribution < 1.29 is 4.79 Å². The van der Waals surface area contributed by atoms with E-state index in [4.69, 9.17) is 5.10 Å². The van der Waals surface area contributed by atoms with E-state index < -0.39 is 0 Å². The number of rotatable bonds is 5. The molecule has 4 rings (SSSR count). The Balaban J connectivity index is 1.45. The second-order valence-electron chi connectivity index (χ2n) is 6.99. The molecular formula is C20H24N6O. The number of carbonyl (C=O) groups is 1. The summed E-state index contributed by atoms with van der Waals surface area (Å²) in [6.45, 7) is 4.05. The third-order valence-corrected chi connectivity index (χ3v) is 4.99. The number of hydrogen-bond acceptors (Lipinski definition) is 5. The highest BCUT2D eigenvalue weighted by Gasteiger charge is 2.15. The lowest BCUT2D eigenvalue weighted by molar-refractivity contribution is -0.116. The van der Waals surface area contributed by atoms with Crippen LogP contribution in [0.2, 0.25) is 0 Å². The lowest BCUT2D eigenvalue weighted by Crippen LogP contribution is -2.30. The van der Waals surface area contributed by atoms with E-state index in [1.165, 1.54) is 19.3 Å². The summed E-state index contributed by atoms with van der Waals surface area (Å²) < 4.78 is 1.77. The quantitative estimate of drug-likeness (QED) is 0.753. The molecular weight excluding hydrogens is 340 g/mol. The van der Waals surface area contributed by atoms with Crippen LogP contribution in [0.25, 0.3) is 5.65 Å². The Kier molecular flexibility index (Phi) is 5.00. The van der Waals surface area contributed by atoms with Crippen LogP contribution in [0, 0.1) is 6.92 Å². The van der Waals surface area contributed by atoms with E-state index in [1.54, 1.807) is 4.52 Å². The number of para-hydroxylation sites is 1. The molecule has 1 saturated heterocycles. The molecule has 0 saturated carbocycles. The number of anilines is 2. The average molecular weight is 364 g/mol. The molecule has 0 spiro atoms. The van der Waals surface area contributed by atoms with Crippen LogP contribution in [0.4, 0.5) is 11.5 Å². The highest BCUT2D eigenvalue weighted by Crippen LogP contribution is 2.18. The predicted molar refractivity (Wildman–Crippen MR) is 105 cm³/mol. The lowest BCUT2D eigenvalue weighted by Gasteiger charge is -2.27. The fraction of sp³-hybridized carbons (Fsp3) is 0.400. The molecule has 3 aromatic rings. The Bertz CT molecular complexity index is 945. The van der Waals surface area contributed by atoms with E-state index in [9.17, 15) is 4.79 Å².